The molecule has 1 nitrogen and oxygen atoms in total. The zero-order chi connectivity index (χ0) is 13.1. The average Bonchev–Trinajstić information content (AvgIpc) is 2.33. The minimum Gasteiger partial charge on any atom is -0.295 e. The number of ketones is 1. The van der Waals surface area contributed by atoms with E-state index in [9.17, 15) is 4.79 Å². The molecule has 0 aromatic heterocycles. The van der Waals surface area contributed by atoms with Crippen molar-refractivity contribution in [2.45, 2.75) is 30.6 Å². The fraction of sp³-hybridized carbons (Fsp3) is 0.188. The molecule has 0 unspecified atom stereocenters. The summed E-state index contributed by atoms with van der Waals surface area (Å²) in [6.07, 6.45) is 0. The monoisotopic (exact) mass is 256 g/mol. The van der Waals surface area contributed by atoms with Crippen molar-refractivity contribution in [3.63, 3.8) is 0 Å². The Labute approximate surface area is 112 Å². The van der Waals surface area contributed by atoms with E-state index in [4.69, 9.17) is 0 Å². The molecule has 18 heavy (non-hydrogen) atoms. The molecule has 0 aliphatic carbocycles. The Morgan fingerprint density at radius 2 is 1.67 bits per heavy atom. The molecule has 0 saturated heterocycles. The summed E-state index contributed by atoms with van der Waals surface area (Å²) in [7, 11) is 0. The summed E-state index contributed by atoms with van der Waals surface area (Å²) in [5, 5.41) is 0. The number of hydrogen-bond acceptors (Lipinski definition) is 2. The number of aryl methyl sites for hydroxylation is 2. The molecule has 0 fully saturated rings. The van der Waals surface area contributed by atoms with Crippen LogP contribution in [0.2, 0.25) is 0 Å². The van der Waals surface area contributed by atoms with Crippen molar-refractivity contribution in [3.8, 4) is 0 Å². The molecule has 0 bridgehead atoms. The first-order valence-corrected chi connectivity index (χ1v) is 6.74. The van der Waals surface area contributed by atoms with E-state index in [0.717, 1.165) is 10.5 Å². The number of rotatable bonds is 3. The quantitative estimate of drug-likeness (QED) is 0.743. The minimum absolute atomic E-state index is 0.109. The van der Waals surface area contributed by atoms with Gasteiger partial charge in [0.2, 0.25) is 0 Å². The largest absolute Gasteiger partial charge is 0.295 e. The molecule has 2 aromatic carbocycles. The molecule has 0 radical (unpaired) electrons. The van der Waals surface area contributed by atoms with E-state index in [1.807, 2.05) is 24.3 Å². The van der Waals surface area contributed by atoms with Gasteiger partial charge in [-0.05, 0) is 44.5 Å². The van der Waals surface area contributed by atoms with Gasteiger partial charge in [0.1, 0.15) is 0 Å². The second kappa shape index (κ2) is 5.40. The highest BCUT2D eigenvalue weighted by Crippen LogP contribution is 2.30. The van der Waals surface area contributed by atoms with Crippen LogP contribution in [0.1, 0.15) is 28.4 Å². The summed E-state index contributed by atoms with van der Waals surface area (Å²) in [5.74, 6) is 0.109. The van der Waals surface area contributed by atoms with E-state index in [0.29, 0.717) is 0 Å². The lowest BCUT2D eigenvalue weighted by molar-refractivity contribution is 0.101. The first-order chi connectivity index (χ1) is 8.56. The molecule has 0 saturated carbocycles. The van der Waals surface area contributed by atoms with Crippen LogP contribution >= 0.6 is 11.8 Å². The second-order valence-electron chi connectivity index (χ2n) is 4.45. The van der Waals surface area contributed by atoms with E-state index in [1.165, 1.54) is 16.0 Å². The number of hydrogen-bond donors (Lipinski definition) is 0. The molecule has 0 aliphatic rings. The summed E-state index contributed by atoms with van der Waals surface area (Å²) >= 11 is 1.73. The Balaban J connectivity index is 2.21. The Hall–Kier alpha value is -1.54. The highest BCUT2D eigenvalue weighted by atomic mass is 32.2. The van der Waals surface area contributed by atoms with Crippen LogP contribution in [0.15, 0.2) is 52.3 Å². The summed E-state index contributed by atoms with van der Waals surface area (Å²) in [5.41, 5.74) is 3.33. The molecule has 0 spiro atoms. The van der Waals surface area contributed by atoms with Crippen LogP contribution in [0.4, 0.5) is 0 Å². The predicted octanol–water partition coefficient (Wildman–Crippen LogP) is 4.66. The SMILES string of the molecule is CC(=O)c1ccc(Sc2ccc(C)cc2C)cc1. The van der Waals surface area contributed by atoms with Crippen molar-refractivity contribution in [2.75, 3.05) is 0 Å². The van der Waals surface area contributed by atoms with Gasteiger partial charge in [-0.25, -0.2) is 0 Å². The number of Topliss-reactive ketones (excluding diaryl/α,β-unsaturated/α-hetero) is 1. The van der Waals surface area contributed by atoms with Gasteiger partial charge in [-0.2, -0.15) is 0 Å². The van der Waals surface area contributed by atoms with Gasteiger partial charge in [0, 0.05) is 15.4 Å². The zero-order valence-electron chi connectivity index (χ0n) is 10.9. The fourth-order valence-corrected chi connectivity index (χ4v) is 2.68. The molecule has 0 N–H and O–H groups in total. The van der Waals surface area contributed by atoms with Crippen molar-refractivity contribution in [1.29, 1.82) is 0 Å². The molecular formula is C16H16OS. The first kappa shape index (κ1) is 12.9. The van der Waals surface area contributed by atoms with Crippen LogP contribution in [0, 0.1) is 13.8 Å². The molecule has 92 valence electrons. The van der Waals surface area contributed by atoms with Gasteiger partial charge in [0.05, 0.1) is 0 Å². The Kier molecular flexibility index (Phi) is 3.87. The lowest BCUT2D eigenvalue weighted by Gasteiger charge is -2.07. The topological polar surface area (TPSA) is 17.1 Å². The van der Waals surface area contributed by atoms with Gasteiger partial charge < -0.3 is 0 Å². The summed E-state index contributed by atoms with van der Waals surface area (Å²) in [6, 6.07) is 14.2. The van der Waals surface area contributed by atoms with Crippen LogP contribution in [-0.2, 0) is 0 Å². The Morgan fingerprint density at radius 1 is 1.00 bits per heavy atom. The van der Waals surface area contributed by atoms with Crippen LogP contribution in [-0.4, -0.2) is 5.78 Å². The number of benzene rings is 2. The molecule has 0 aliphatic heterocycles. The molecule has 2 aromatic rings. The third-order valence-electron chi connectivity index (χ3n) is 2.82. The van der Waals surface area contributed by atoms with E-state index >= 15 is 0 Å². The van der Waals surface area contributed by atoms with E-state index < -0.39 is 0 Å². The van der Waals surface area contributed by atoms with Crippen molar-refractivity contribution in [1.82, 2.24) is 0 Å². The first-order valence-electron chi connectivity index (χ1n) is 5.92. The molecule has 0 amide bonds. The van der Waals surface area contributed by atoms with Crippen LogP contribution < -0.4 is 0 Å². The lowest BCUT2D eigenvalue weighted by Crippen LogP contribution is -1.90. The third kappa shape index (κ3) is 3.02. The summed E-state index contributed by atoms with van der Waals surface area (Å²) < 4.78 is 0. The molecule has 0 atom stereocenters. The van der Waals surface area contributed by atoms with Gasteiger partial charge >= 0.3 is 0 Å². The van der Waals surface area contributed by atoms with Crippen LogP contribution in [0.5, 0.6) is 0 Å². The highest BCUT2D eigenvalue weighted by molar-refractivity contribution is 7.99. The average molecular weight is 256 g/mol. The number of carbonyl (C=O) groups excluding carboxylic acids is 1. The Bertz CT molecular complexity index is 570. The van der Waals surface area contributed by atoms with Crippen molar-refractivity contribution >= 4 is 17.5 Å². The van der Waals surface area contributed by atoms with E-state index in [1.54, 1.807) is 18.7 Å². The molecular weight excluding hydrogens is 240 g/mol. The summed E-state index contributed by atoms with van der Waals surface area (Å²) in [6.45, 7) is 5.81. The molecule has 2 rings (SSSR count). The maximum atomic E-state index is 11.2. The predicted molar refractivity (Wildman–Crippen MR) is 76.5 cm³/mol. The van der Waals surface area contributed by atoms with Gasteiger partial charge in [0.15, 0.2) is 5.78 Å². The van der Waals surface area contributed by atoms with Gasteiger partial charge in [-0.15, -0.1) is 0 Å². The molecule has 2 heteroatoms. The van der Waals surface area contributed by atoms with E-state index in [-0.39, 0.29) is 5.78 Å². The van der Waals surface area contributed by atoms with Gasteiger partial charge in [-0.1, -0.05) is 41.6 Å². The third-order valence-corrected chi connectivity index (χ3v) is 4.00. The smallest absolute Gasteiger partial charge is 0.159 e. The second-order valence-corrected chi connectivity index (χ2v) is 5.57. The summed E-state index contributed by atoms with van der Waals surface area (Å²) in [4.78, 5) is 13.6. The fourth-order valence-electron chi connectivity index (χ4n) is 1.80. The van der Waals surface area contributed by atoms with E-state index in [2.05, 4.69) is 32.0 Å². The molecule has 0 heterocycles. The van der Waals surface area contributed by atoms with Crippen molar-refractivity contribution in [3.05, 3.63) is 59.2 Å². The lowest BCUT2D eigenvalue weighted by atomic mass is 10.1. The maximum absolute atomic E-state index is 11.2. The normalized spacial score (nSPS) is 10.4. The minimum atomic E-state index is 0.109. The van der Waals surface area contributed by atoms with Crippen LogP contribution in [0.25, 0.3) is 0 Å². The van der Waals surface area contributed by atoms with Crippen LogP contribution in [0.3, 0.4) is 0 Å². The maximum Gasteiger partial charge on any atom is 0.159 e. The van der Waals surface area contributed by atoms with Gasteiger partial charge in [0.25, 0.3) is 0 Å². The van der Waals surface area contributed by atoms with Gasteiger partial charge in [-0.3, -0.25) is 4.79 Å². The number of carbonyl (C=O) groups is 1. The highest BCUT2D eigenvalue weighted by Gasteiger charge is 2.03. The zero-order valence-corrected chi connectivity index (χ0v) is 11.7. The Morgan fingerprint density at radius 3 is 2.22 bits per heavy atom. The van der Waals surface area contributed by atoms with Crippen molar-refractivity contribution < 1.29 is 4.79 Å². The van der Waals surface area contributed by atoms with Crippen molar-refractivity contribution in [2.24, 2.45) is 0 Å². The standard InChI is InChI=1S/C16H16OS/c1-11-4-9-16(12(2)10-11)18-15-7-5-14(6-8-15)13(3)17/h4-10H,1-3H3.